The van der Waals surface area contributed by atoms with Gasteiger partial charge in [0.1, 0.15) is 16.5 Å². The highest BCUT2D eigenvalue weighted by atomic mass is 32.2. The van der Waals surface area contributed by atoms with Crippen molar-refractivity contribution in [2.24, 2.45) is 0 Å². The fraction of sp³-hybridized carbons (Fsp3) is 0.0714. The van der Waals surface area contributed by atoms with E-state index in [1.807, 2.05) is 0 Å². The van der Waals surface area contributed by atoms with E-state index >= 15 is 0 Å². The normalized spacial score (nSPS) is 11.2. The maximum atomic E-state index is 13.5. The van der Waals surface area contributed by atoms with Crippen molar-refractivity contribution >= 4 is 21.5 Å². The molecule has 0 aliphatic heterocycles. The zero-order valence-electron chi connectivity index (χ0n) is 10.9. The Bertz CT molecular complexity index is 786. The first-order chi connectivity index (χ1) is 9.79. The lowest BCUT2D eigenvalue weighted by molar-refractivity contribution is 0.101. The van der Waals surface area contributed by atoms with Crippen LogP contribution in [0, 0.1) is 11.6 Å². The van der Waals surface area contributed by atoms with Crippen LogP contribution in [0.5, 0.6) is 0 Å². The summed E-state index contributed by atoms with van der Waals surface area (Å²) in [5.41, 5.74) is 0.592. The summed E-state index contributed by atoms with van der Waals surface area (Å²) < 4.78 is 52.5. The van der Waals surface area contributed by atoms with E-state index in [0.717, 1.165) is 12.1 Å². The summed E-state index contributed by atoms with van der Waals surface area (Å²) in [4.78, 5) is 10.5. The van der Waals surface area contributed by atoms with Crippen LogP contribution >= 0.6 is 0 Å². The van der Waals surface area contributed by atoms with Gasteiger partial charge in [0.05, 0.1) is 0 Å². The second kappa shape index (κ2) is 5.61. The molecule has 0 aliphatic rings. The van der Waals surface area contributed by atoms with E-state index in [1.165, 1.54) is 31.2 Å². The number of anilines is 1. The molecule has 2 rings (SSSR count). The molecule has 0 fully saturated rings. The lowest BCUT2D eigenvalue weighted by Gasteiger charge is -2.09. The smallest absolute Gasteiger partial charge is 0.264 e. The summed E-state index contributed by atoms with van der Waals surface area (Å²) in [6.45, 7) is 1.38. The van der Waals surface area contributed by atoms with Gasteiger partial charge in [0.25, 0.3) is 10.0 Å². The Morgan fingerprint density at radius 3 is 2.19 bits per heavy atom. The van der Waals surface area contributed by atoms with Crippen LogP contribution in [0.1, 0.15) is 17.3 Å². The van der Waals surface area contributed by atoms with Gasteiger partial charge in [-0.15, -0.1) is 0 Å². The Morgan fingerprint density at radius 1 is 1.05 bits per heavy atom. The number of sulfonamides is 1. The quantitative estimate of drug-likeness (QED) is 0.883. The fourth-order valence-electron chi connectivity index (χ4n) is 1.68. The second-order valence-corrected chi connectivity index (χ2v) is 5.96. The molecule has 0 saturated carbocycles. The molecule has 2 aromatic rings. The number of hydrogen-bond donors (Lipinski definition) is 1. The van der Waals surface area contributed by atoms with Crippen LogP contribution in [-0.2, 0) is 10.0 Å². The highest BCUT2D eigenvalue weighted by Crippen LogP contribution is 2.20. The average Bonchev–Trinajstić information content (AvgIpc) is 2.38. The van der Waals surface area contributed by atoms with E-state index in [2.05, 4.69) is 4.72 Å². The van der Waals surface area contributed by atoms with E-state index < -0.39 is 26.6 Å². The molecule has 0 unspecified atom stereocenters. The van der Waals surface area contributed by atoms with Gasteiger partial charge < -0.3 is 0 Å². The molecule has 21 heavy (non-hydrogen) atoms. The molecule has 0 aliphatic carbocycles. The number of nitrogens with one attached hydrogen (secondary N) is 1. The third kappa shape index (κ3) is 3.43. The number of hydrogen-bond acceptors (Lipinski definition) is 3. The monoisotopic (exact) mass is 311 g/mol. The Labute approximate surface area is 120 Å². The maximum Gasteiger partial charge on any atom is 0.264 e. The Morgan fingerprint density at radius 2 is 1.67 bits per heavy atom. The molecule has 0 atom stereocenters. The molecular weight excluding hydrogens is 300 g/mol. The van der Waals surface area contributed by atoms with Crippen molar-refractivity contribution in [3.05, 3.63) is 59.7 Å². The highest BCUT2D eigenvalue weighted by Gasteiger charge is 2.19. The Balaban J connectivity index is 2.30. The third-order valence-corrected chi connectivity index (χ3v) is 4.14. The van der Waals surface area contributed by atoms with Crippen LogP contribution in [0.15, 0.2) is 47.4 Å². The number of Topliss-reactive ketones (excluding diaryl/α,β-unsaturated/α-hetero) is 1. The van der Waals surface area contributed by atoms with E-state index in [9.17, 15) is 22.0 Å². The van der Waals surface area contributed by atoms with Crippen LogP contribution in [0.2, 0.25) is 0 Å². The standard InChI is InChI=1S/C14H11F2NO3S/c1-9(18)10-2-5-12(6-3-10)17-21(19,20)14-7-4-11(15)8-13(14)16/h2-8,17H,1H3. The minimum absolute atomic E-state index is 0.158. The van der Waals surface area contributed by atoms with Crippen LogP contribution in [-0.4, -0.2) is 14.2 Å². The van der Waals surface area contributed by atoms with Gasteiger partial charge >= 0.3 is 0 Å². The molecule has 0 amide bonds. The van der Waals surface area contributed by atoms with Crippen molar-refractivity contribution in [3.8, 4) is 0 Å². The summed E-state index contributed by atoms with van der Waals surface area (Å²) in [6.07, 6.45) is 0. The number of rotatable bonds is 4. The molecule has 0 saturated heterocycles. The lowest BCUT2D eigenvalue weighted by Crippen LogP contribution is -2.14. The molecule has 0 radical (unpaired) electrons. The second-order valence-electron chi connectivity index (χ2n) is 4.31. The van der Waals surface area contributed by atoms with Gasteiger partial charge in [0, 0.05) is 17.3 Å². The summed E-state index contributed by atoms with van der Waals surface area (Å²) in [6, 6.07) is 7.86. The lowest BCUT2D eigenvalue weighted by atomic mass is 10.1. The largest absolute Gasteiger partial charge is 0.295 e. The van der Waals surface area contributed by atoms with Gasteiger partial charge in [0.2, 0.25) is 0 Å². The summed E-state index contributed by atoms with van der Waals surface area (Å²) in [5, 5.41) is 0. The van der Waals surface area contributed by atoms with Crippen molar-refractivity contribution in [3.63, 3.8) is 0 Å². The van der Waals surface area contributed by atoms with Crippen molar-refractivity contribution < 1.29 is 22.0 Å². The zero-order chi connectivity index (χ0) is 15.6. The minimum atomic E-state index is -4.17. The van der Waals surface area contributed by atoms with E-state index in [4.69, 9.17) is 0 Å². The van der Waals surface area contributed by atoms with E-state index in [-0.39, 0.29) is 11.5 Å². The molecular formula is C14H11F2NO3S. The first-order valence-corrected chi connectivity index (χ1v) is 7.37. The van der Waals surface area contributed by atoms with E-state index in [1.54, 1.807) is 0 Å². The molecule has 1 N–H and O–H groups in total. The van der Waals surface area contributed by atoms with Gasteiger partial charge in [0.15, 0.2) is 5.78 Å². The summed E-state index contributed by atoms with van der Waals surface area (Å²) in [5.74, 6) is -2.20. The Hall–Kier alpha value is -2.28. The number of carbonyl (C=O) groups is 1. The summed E-state index contributed by atoms with van der Waals surface area (Å²) >= 11 is 0. The van der Waals surface area contributed by atoms with Gasteiger partial charge in [-0.3, -0.25) is 9.52 Å². The molecule has 2 aromatic carbocycles. The molecule has 7 heteroatoms. The van der Waals surface area contributed by atoms with Crippen LogP contribution in [0.25, 0.3) is 0 Å². The van der Waals surface area contributed by atoms with Gasteiger partial charge in [-0.25, -0.2) is 17.2 Å². The molecule has 0 aromatic heterocycles. The molecule has 0 heterocycles. The average molecular weight is 311 g/mol. The number of benzene rings is 2. The van der Waals surface area contributed by atoms with Crippen molar-refractivity contribution in [2.45, 2.75) is 11.8 Å². The van der Waals surface area contributed by atoms with Gasteiger partial charge in [-0.1, -0.05) is 0 Å². The van der Waals surface area contributed by atoms with Gasteiger partial charge in [-0.2, -0.15) is 0 Å². The molecule has 110 valence electrons. The minimum Gasteiger partial charge on any atom is -0.295 e. The molecule has 4 nitrogen and oxygen atoms in total. The third-order valence-electron chi connectivity index (χ3n) is 2.73. The Kier molecular flexibility index (Phi) is 4.04. The number of halogens is 2. The molecule has 0 bridgehead atoms. The summed E-state index contributed by atoms with van der Waals surface area (Å²) in [7, 11) is -4.17. The van der Waals surface area contributed by atoms with Crippen LogP contribution in [0.4, 0.5) is 14.5 Å². The predicted octanol–water partition coefficient (Wildman–Crippen LogP) is 2.97. The first-order valence-electron chi connectivity index (χ1n) is 5.88. The number of ketones is 1. The first kappa shape index (κ1) is 15.1. The number of carbonyl (C=O) groups excluding carboxylic acids is 1. The zero-order valence-corrected chi connectivity index (χ0v) is 11.7. The predicted molar refractivity (Wildman–Crippen MR) is 73.6 cm³/mol. The van der Waals surface area contributed by atoms with Crippen LogP contribution in [0.3, 0.4) is 0 Å². The topological polar surface area (TPSA) is 63.2 Å². The SMILES string of the molecule is CC(=O)c1ccc(NS(=O)(=O)c2ccc(F)cc2F)cc1. The molecule has 0 spiro atoms. The van der Waals surface area contributed by atoms with Gasteiger partial charge in [-0.05, 0) is 43.3 Å². The van der Waals surface area contributed by atoms with Crippen LogP contribution < -0.4 is 4.72 Å². The maximum absolute atomic E-state index is 13.5. The van der Waals surface area contributed by atoms with Crippen molar-refractivity contribution in [1.82, 2.24) is 0 Å². The van der Waals surface area contributed by atoms with Crippen molar-refractivity contribution in [2.75, 3.05) is 4.72 Å². The fourth-order valence-corrected chi connectivity index (χ4v) is 2.80. The van der Waals surface area contributed by atoms with E-state index in [0.29, 0.717) is 11.6 Å². The van der Waals surface area contributed by atoms with Crippen molar-refractivity contribution in [1.29, 1.82) is 0 Å². The highest BCUT2D eigenvalue weighted by molar-refractivity contribution is 7.92.